The smallest absolute Gasteiger partial charge is 0.0191 e. The molecule has 0 rings (SSSR count). The summed E-state index contributed by atoms with van der Waals surface area (Å²) < 4.78 is 0. The van der Waals surface area contributed by atoms with Crippen molar-refractivity contribution in [3.8, 4) is 0 Å². The Bertz CT molecular complexity index is 383. The molecule has 0 amide bonds. The molecule has 0 aromatic rings. The molecule has 0 aromatic carbocycles. The summed E-state index contributed by atoms with van der Waals surface area (Å²) in [6.07, 6.45) is 34.6. The number of likely N-dealkylation sites (N-methyl/N-ethyl adjacent to an activating group) is 2. The highest BCUT2D eigenvalue weighted by molar-refractivity contribution is 4.68. The van der Waals surface area contributed by atoms with E-state index in [1.54, 1.807) is 0 Å². The van der Waals surface area contributed by atoms with Crippen LogP contribution < -0.4 is 0 Å². The third-order valence-corrected chi connectivity index (χ3v) is 8.09. The maximum atomic E-state index is 2.59. The van der Waals surface area contributed by atoms with E-state index in [0.717, 1.165) is 0 Å². The monoisotopic (exact) mass is 495 g/mol. The fourth-order valence-electron chi connectivity index (χ4n) is 5.33. The summed E-state index contributed by atoms with van der Waals surface area (Å²) in [5.41, 5.74) is 0. The van der Waals surface area contributed by atoms with Gasteiger partial charge in [0.05, 0.1) is 0 Å². The lowest BCUT2D eigenvalue weighted by Gasteiger charge is -2.29. The van der Waals surface area contributed by atoms with Gasteiger partial charge in [-0.15, -0.1) is 0 Å². The minimum atomic E-state index is 0.671. The highest BCUT2D eigenvalue weighted by Crippen LogP contribution is 2.14. The Hall–Kier alpha value is -0.0800. The molecule has 0 aromatic heterocycles. The van der Waals surface area contributed by atoms with E-state index < -0.39 is 0 Å². The Morgan fingerprint density at radius 1 is 0.400 bits per heavy atom. The van der Waals surface area contributed by atoms with Crippen LogP contribution in [0.5, 0.6) is 0 Å². The van der Waals surface area contributed by atoms with Crippen LogP contribution in [0, 0.1) is 0 Å². The van der Waals surface area contributed by atoms with E-state index in [1.807, 2.05) is 0 Å². The maximum absolute atomic E-state index is 2.59. The summed E-state index contributed by atoms with van der Waals surface area (Å²) in [4.78, 5) is 5.16. The molecular weight excluding hydrogens is 424 g/mol. The van der Waals surface area contributed by atoms with Crippen molar-refractivity contribution in [2.75, 3.05) is 33.7 Å². The van der Waals surface area contributed by atoms with Gasteiger partial charge in [0, 0.05) is 12.6 Å². The van der Waals surface area contributed by atoms with E-state index in [0.29, 0.717) is 6.04 Å². The summed E-state index contributed by atoms with van der Waals surface area (Å²) in [5, 5.41) is 0. The molecule has 0 saturated carbocycles. The third kappa shape index (κ3) is 26.8. The minimum absolute atomic E-state index is 0.671. The van der Waals surface area contributed by atoms with Crippen LogP contribution in [0.2, 0.25) is 0 Å². The summed E-state index contributed by atoms with van der Waals surface area (Å²) in [6.45, 7) is 10.8. The van der Waals surface area contributed by atoms with Gasteiger partial charge in [-0.1, -0.05) is 155 Å². The Balaban J connectivity index is 3.42. The van der Waals surface area contributed by atoms with E-state index in [4.69, 9.17) is 0 Å². The normalized spacial score (nSPS) is 12.8. The molecule has 0 bridgehead atoms. The Labute approximate surface area is 224 Å². The van der Waals surface area contributed by atoms with Crippen LogP contribution in [0.25, 0.3) is 0 Å². The Morgan fingerprint density at radius 3 is 1.03 bits per heavy atom. The quantitative estimate of drug-likeness (QED) is 0.0954. The molecule has 1 unspecified atom stereocenters. The number of rotatable bonds is 29. The summed E-state index contributed by atoms with van der Waals surface area (Å²) in [7, 11) is 4.66. The van der Waals surface area contributed by atoms with Crippen LogP contribution in [-0.4, -0.2) is 49.6 Å². The van der Waals surface area contributed by atoms with Crippen molar-refractivity contribution in [3.05, 3.63) is 0 Å². The highest BCUT2D eigenvalue weighted by Gasteiger charge is 2.11. The zero-order chi connectivity index (χ0) is 25.8. The molecule has 0 saturated heterocycles. The number of hydrogen-bond acceptors (Lipinski definition) is 2. The van der Waals surface area contributed by atoms with Crippen LogP contribution in [-0.2, 0) is 0 Å². The van der Waals surface area contributed by atoms with Crippen molar-refractivity contribution >= 4 is 0 Å². The van der Waals surface area contributed by atoms with Gasteiger partial charge in [0.15, 0.2) is 0 Å². The van der Waals surface area contributed by atoms with E-state index >= 15 is 0 Å². The molecule has 0 radical (unpaired) electrons. The highest BCUT2D eigenvalue weighted by atomic mass is 15.2. The number of nitrogens with zero attached hydrogens (tertiary/aromatic N) is 2. The molecule has 35 heavy (non-hydrogen) atoms. The summed E-state index contributed by atoms with van der Waals surface area (Å²) >= 11 is 0. The molecule has 0 aliphatic heterocycles. The minimum Gasteiger partial charge on any atom is -0.305 e. The lowest BCUT2D eigenvalue weighted by molar-refractivity contribution is 0.188. The van der Waals surface area contributed by atoms with Crippen LogP contribution in [0.3, 0.4) is 0 Å². The van der Waals surface area contributed by atoms with Crippen molar-refractivity contribution in [1.82, 2.24) is 9.80 Å². The first-order valence-corrected chi connectivity index (χ1v) is 16.5. The van der Waals surface area contributed by atoms with E-state index in [-0.39, 0.29) is 0 Å². The zero-order valence-corrected chi connectivity index (χ0v) is 25.6. The number of hydrogen-bond donors (Lipinski definition) is 0. The fraction of sp³-hybridized carbons (Fsp3) is 1.00. The van der Waals surface area contributed by atoms with E-state index in [2.05, 4.69) is 44.7 Å². The van der Waals surface area contributed by atoms with Gasteiger partial charge in [-0.2, -0.15) is 0 Å². The zero-order valence-electron chi connectivity index (χ0n) is 25.6. The molecule has 0 fully saturated rings. The second kappa shape index (κ2) is 28.5. The Kier molecular flexibility index (Phi) is 28.4. The van der Waals surface area contributed by atoms with Gasteiger partial charge in [-0.05, 0) is 47.0 Å². The lowest BCUT2D eigenvalue weighted by Crippen LogP contribution is -2.39. The molecule has 0 spiro atoms. The third-order valence-electron chi connectivity index (χ3n) is 8.09. The predicted octanol–water partition coefficient (Wildman–Crippen LogP) is 10.6. The molecule has 0 heterocycles. The molecule has 0 N–H and O–H groups in total. The SMILES string of the molecule is CCCCCCCCCCCCCCN(C)CC(C)N(C)CCCCCCCCCCCCCC. The predicted molar refractivity (Wildman–Crippen MR) is 162 cm³/mol. The van der Waals surface area contributed by atoms with Gasteiger partial charge < -0.3 is 9.80 Å². The molecule has 2 heteroatoms. The fourth-order valence-corrected chi connectivity index (χ4v) is 5.33. The van der Waals surface area contributed by atoms with E-state index in [1.165, 1.54) is 174 Å². The van der Waals surface area contributed by atoms with Crippen molar-refractivity contribution in [1.29, 1.82) is 0 Å². The van der Waals surface area contributed by atoms with Crippen molar-refractivity contribution < 1.29 is 0 Å². The second-order valence-electron chi connectivity index (χ2n) is 11.9. The van der Waals surface area contributed by atoms with E-state index in [9.17, 15) is 0 Å². The first-order valence-electron chi connectivity index (χ1n) is 16.5. The number of unbranched alkanes of at least 4 members (excludes halogenated alkanes) is 22. The van der Waals surface area contributed by atoms with Crippen LogP contribution in [0.15, 0.2) is 0 Å². The Morgan fingerprint density at radius 2 is 0.686 bits per heavy atom. The summed E-state index contributed by atoms with van der Waals surface area (Å²) in [6, 6.07) is 0.671. The first kappa shape index (κ1) is 34.9. The van der Waals surface area contributed by atoms with Gasteiger partial charge in [0.2, 0.25) is 0 Å². The molecular formula is C33H70N2. The maximum Gasteiger partial charge on any atom is 0.0191 e. The van der Waals surface area contributed by atoms with Crippen molar-refractivity contribution in [2.24, 2.45) is 0 Å². The van der Waals surface area contributed by atoms with Crippen LogP contribution in [0.1, 0.15) is 175 Å². The summed E-state index contributed by atoms with van der Waals surface area (Å²) in [5.74, 6) is 0. The van der Waals surface area contributed by atoms with Gasteiger partial charge >= 0.3 is 0 Å². The lowest BCUT2D eigenvalue weighted by atomic mass is 10.1. The van der Waals surface area contributed by atoms with Crippen molar-refractivity contribution in [3.63, 3.8) is 0 Å². The van der Waals surface area contributed by atoms with Gasteiger partial charge in [-0.25, -0.2) is 0 Å². The van der Waals surface area contributed by atoms with Crippen molar-refractivity contribution in [2.45, 2.75) is 181 Å². The molecule has 1 atom stereocenters. The average Bonchev–Trinajstić information content (AvgIpc) is 2.85. The van der Waals surface area contributed by atoms with Crippen LogP contribution in [0.4, 0.5) is 0 Å². The molecule has 212 valence electrons. The standard InChI is InChI=1S/C33H70N2/c1-6-8-10-12-14-16-18-20-22-24-26-28-30-34(4)32-33(3)35(5)31-29-27-25-23-21-19-17-15-13-11-9-7-2/h33H,6-32H2,1-5H3. The molecule has 2 nitrogen and oxygen atoms in total. The average molecular weight is 495 g/mol. The topological polar surface area (TPSA) is 6.48 Å². The second-order valence-corrected chi connectivity index (χ2v) is 11.9. The van der Waals surface area contributed by atoms with Gasteiger partial charge in [0.25, 0.3) is 0 Å². The first-order chi connectivity index (χ1) is 17.1. The van der Waals surface area contributed by atoms with Gasteiger partial charge in [-0.3, -0.25) is 0 Å². The largest absolute Gasteiger partial charge is 0.305 e. The van der Waals surface area contributed by atoms with Crippen LogP contribution >= 0.6 is 0 Å². The van der Waals surface area contributed by atoms with Gasteiger partial charge in [0.1, 0.15) is 0 Å². The molecule has 0 aliphatic rings. The molecule has 0 aliphatic carbocycles.